The van der Waals surface area contributed by atoms with Crippen LogP contribution in [0.4, 0.5) is 0 Å². The number of fused-ring (bicyclic) bond motifs is 1. The number of thiophene rings is 1. The van der Waals surface area contributed by atoms with Crippen molar-refractivity contribution in [3.63, 3.8) is 0 Å². The fourth-order valence-corrected chi connectivity index (χ4v) is 3.89. The van der Waals surface area contributed by atoms with E-state index in [1.54, 1.807) is 41.7 Å². The van der Waals surface area contributed by atoms with E-state index < -0.39 is 0 Å². The fraction of sp³-hybridized carbons (Fsp3) is 0.182. The zero-order chi connectivity index (χ0) is 20.2. The summed E-state index contributed by atoms with van der Waals surface area (Å²) in [6, 6.07) is 11.5. The van der Waals surface area contributed by atoms with Gasteiger partial charge in [-0.3, -0.25) is 9.78 Å². The van der Waals surface area contributed by atoms with E-state index in [-0.39, 0.29) is 5.91 Å². The number of halogens is 1. The second kappa shape index (κ2) is 8.68. The number of carbonyl (C=O) groups excluding carboxylic acids is 1. The van der Waals surface area contributed by atoms with Gasteiger partial charge in [-0.1, -0.05) is 17.7 Å². The van der Waals surface area contributed by atoms with Crippen molar-refractivity contribution in [3.8, 4) is 22.8 Å². The first-order chi connectivity index (χ1) is 14.1. The molecule has 0 saturated carbocycles. The van der Waals surface area contributed by atoms with E-state index in [1.807, 2.05) is 41.8 Å². The molecular weight excluding hydrogens is 408 g/mol. The van der Waals surface area contributed by atoms with Crippen LogP contribution in [-0.2, 0) is 11.3 Å². The molecule has 3 aromatic rings. The standard InChI is InChI=1S/C22H19ClN2O3S/c1-27-20-12-15(19-6-4-17(23)13-24-19)11-16-14-25(8-9-28-22(16)20)21(26)7-5-18-3-2-10-29-18/h2-7,10-13H,8-9,14H2,1H3/b7-5+. The molecule has 0 unspecified atom stereocenters. The average Bonchev–Trinajstić information content (AvgIpc) is 3.16. The number of rotatable bonds is 4. The van der Waals surface area contributed by atoms with E-state index >= 15 is 0 Å². The van der Waals surface area contributed by atoms with E-state index in [1.165, 1.54) is 0 Å². The lowest BCUT2D eigenvalue weighted by molar-refractivity contribution is -0.126. The Morgan fingerprint density at radius 1 is 1.34 bits per heavy atom. The van der Waals surface area contributed by atoms with Crippen LogP contribution in [0.5, 0.6) is 11.5 Å². The van der Waals surface area contributed by atoms with Gasteiger partial charge in [-0.25, -0.2) is 0 Å². The first-order valence-electron chi connectivity index (χ1n) is 9.10. The third-order valence-electron chi connectivity index (χ3n) is 4.59. The Balaban J connectivity index is 1.64. The van der Waals surface area contributed by atoms with E-state index in [0.717, 1.165) is 21.7 Å². The maximum absolute atomic E-state index is 12.7. The van der Waals surface area contributed by atoms with Gasteiger partial charge in [0.05, 0.1) is 24.4 Å². The summed E-state index contributed by atoms with van der Waals surface area (Å²) in [4.78, 5) is 19.9. The highest BCUT2D eigenvalue weighted by Gasteiger charge is 2.22. The molecule has 1 amide bonds. The Bertz CT molecular complexity index is 1030. The summed E-state index contributed by atoms with van der Waals surface area (Å²) in [6.07, 6.45) is 5.06. The first kappa shape index (κ1) is 19.5. The number of carbonyl (C=O) groups is 1. The highest BCUT2D eigenvalue weighted by Crippen LogP contribution is 2.38. The first-order valence-corrected chi connectivity index (χ1v) is 10.4. The minimum atomic E-state index is -0.0520. The molecule has 3 heterocycles. The zero-order valence-electron chi connectivity index (χ0n) is 15.8. The van der Waals surface area contributed by atoms with Gasteiger partial charge < -0.3 is 14.4 Å². The summed E-state index contributed by atoms with van der Waals surface area (Å²) in [5.74, 6) is 1.24. The Kier molecular flexibility index (Phi) is 5.83. The summed E-state index contributed by atoms with van der Waals surface area (Å²) < 4.78 is 11.5. The molecule has 0 radical (unpaired) electrons. The molecule has 4 rings (SSSR count). The smallest absolute Gasteiger partial charge is 0.247 e. The quantitative estimate of drug-likeness (QED) is 0.556. The second-order valence-corrected chi connectivity index (χ2v) is 7.90. The Morgan fingerprint density at radius 3 is 2.97 bits per heavy atom. The SMILES string of the molecule is COc1cc(-c2ccc(Cl)cn2)cc2c1OCCN(C(=O)/C=C/c1cccs1)C2. The highest BCUT2D eigenvalue weighted by molar-refractivity contribution is 7.10. The monoisotopic (exact) mass is 426 g/mol. The van der Waals surface area contributed by atoms with Crippen molar-refractivity contribution in [2.24, 2.45) is 0 Å². The molecule has 5 nitrogen and oxygen atoms in total. The second-order valence-electron chi connectivity index (χ2n) is 6.49. The van der Waals surface area contributed by atoms with Crippen molar-refractivity contribution < 1.29 is 14.3 Å². The van der Waals surface area contributed by atoms with Gasteiger partial charge in [0.1, 0.15) is 6.61 Å². The van der Waals surface area contributed by atoms with Crippen LogP contribution in [0.2, 0.25) is 5.02 Å². The number of aromatic nitrogens is 1. The molecule has 1 aliphatic rings. The third kappa shape index (κ3) is 4.44. The lowest BCUT2D eigenvalue weighted by Gasteiger charge is -2.18. The number of benzene rings is 1. The minimum absolute atomic E-state index is 0.0520. The molecule has 1 aromatic carbocycles. The van der Waals surface area contributed by atoms with Crippen LogP contribution in [0.1, 0.15) is 10.4 Å². The molecule has 0 aliphatic carbocycles. The summed E-state index contributed by atoms with van der Waals surface area (Å²) in [7, 11) is 1.61. The number of amides is 1. The van der Waals surface area contributed by atoms with E-state index in [9.17, 15) is 4.79 Å². The topological polar surface area (TPSA) is 51.7 Å². The largest absolute Gasteiger partial charge is 0.493 e. The van der Waals surface area contributed by atoms with Gasteiger partial charge in [0, 0.05) is 34.8 Å². The predicted molar refractivity (Wildman–Crippen MR) is 116 cm³/mol. The number of hydrogen-bond acceptors (Lipinski definition) is 5. The van der Waals surface area contributed by atoms with Crippen LogP contribution >= 0.6 is 22.9 Å². The van der Waals surface area contributed by atoms with Gasteiger partial charge in [0.2, 0.25) is 5.91 Å². The number of ether oxygens (including phenoxy) is 2. The Hall–Kier alpha value is -2.83. The van der Waals surface area contributed by atoms with E-state index in [4.69, 9.17) is 21.1 Å². The molecule has 29 heavy (non-hydrogen) atoms. The number of methoxy groups -OCH3 is 1. The van der Waals surface area contributed by atoms with Crippen molar-refractivity contribution >= 4 is 34.9 Å². The molecule has 0 saturated heterocycles. The summed E-state index contributed by atoms with van der Waals surface area (Å²) in [5.41, 5.74) is 2.53. The molecule has 2 aromatic heterocycles. The molecule has 0 atom stereocenters. The summed E-state index contributed by atoms with van der Waals surface area (Å²) >= 11 is 7.55. The van der Waals surface area contributed by atoms with Gasteiger partial charge in [-0.15, -0.1) is 11.3 Å². The van der Waals surface area contributed by atoms with Crippen molar-refractivity contribution in [2.45, 2.75) is 6.54 Å². The van der Waals surface area contributed by atoms with Crippen LogP contribution in [-0.4, -0.2) is 36.1 Å². The molecule has 0 fully saturated rings. The van der Waals surface area contributed by atoms with E-state index in [2.05, 4.69) is 4.98 Å². The average molecular weight is 427 g/mol. The maximum atomic E-state index is 12.7. The third-order valence-corrected chi connectivity index (χ3v) is 5.65. The summed E-state index contributed by atoms with van der Waals surface area (Å²) in [6.45, 7) is 1.33. The van der Waals surface area contributed by atoms with Crippen LogP contribution in [0.3, 0.4) is 0 Å². The van der Waals surface area contributed by atoms with Crippen molar-refractivity contribution in [1.29, 1.82) is 0 Å². The molecule has 0 bridgehead atoms. The molecule has 148 valence electrons. The van der Waals surface area contributed by atoms with Gasteiger partial charge in [0.25, 0.3) is 0 Å². The lowest BCUT2D eigenvalue weighted by atomic mass is 10.0. The highest BCUT2D eigenvalue weighted by atomic mass is 35.5. The van der Waals surface area contributed by atoms with Crippen LogP contribution in [0.25, 0.3) is 17.3 Å². The molecular formula is C22H19ClN2O3S. The Labute approximate surface area is 178 Å². The molecule has 1 aliphatic heterocycles. The van der Waals surface area contributed by atoms with E-state index in [0.29, 0.717) is 36.2 Å². The normalized spacial score (nSPS) is 13.7. The van der Waals surface area contributed by atoms with Crippen LogP contribution in [0.15, 0.2) is 54.1 Å². The number of nitrogens with zero attached hydrogens (tertiary/aromatic N) is 2. The Morgan fingerprint density at radius 2 is 2.24 bits per heavy atom. The minimum Gasteiger partial charge on any atom is -0.493 e. The van der Waals surface area contributed by atoms with Gasteiger partial charge in [-0.2, -0.15) is 0 Å². The number of hydrogen-bond donors (Lipinski definition) is 0. The van der Waals surface area contributed by atoms with Gasteiger partial charge in [0.15, 0.2) is 11.5 Å². The van der Waals surface area contributed by atoms with Gasteiger partial charge >= 0.3 is 0 Å². The van der Waals surface area contributed by atoms with Gasteiger partial charge in [-0.05, 0) is 41.8 Å². The molecule has 0 spiro atoms. The predicted octanol–water partition coefficient (Wildman–Crippen LogP) is 4.91. The maximum Gasteiger partial charge on any atom is 0.247 e. The van der Waals surface area contributed by atoms with Crippen molar-refractivity contribution in [1.82, 2.24) is 9.88 Å². The lowest BCUT2D eigenvalue weighted by Crippen LogP contribution is -2.30. The van der Waals surface area contributed by atoms with Crippen LogP contribution in [0, 0.1) is 0 Å². The zero-order valence-corrected chi connectivity index (χ0v) is 17.4. The fourth-order valence-electron chi connectivity index (χ4n) is 3.16. The molecule has 0 N–H and O–H groups in total. The van der Waals surface area contributed by atoms with Crippen LogP contribution < -0.4 is 9.47 Å². The molecule has 7 heteroatoms. The summed E-state index contributed by atoms with van der Waals surface area (Å²) in [5, 5.41) is 2.56. The van der Waals surface area contributed by atoms with Crippen molar-refractivity contribution in [2.75, 3.05) is 20.3 Å². The van der Waals surface area contributed by atoms with Crippen molar-refractivity contribution in [3.05, 3.63) is 69.5 Å². The number of pyridine rings is 1.